The van der Waals surface area contributed by atoms with E-state index in [0.29, 0.717) is 61.2 Å². The fourth-order valence-corrected chi connectivity index (χ4v) is 11.6. The maximum Gasteiger partial charge on any atom is 0.328 e. The van der Waals surface area contributed by atoms with Gasteiger partial charge in [-0.2, -0.15) is 0 Å². The Morgan fingerprint density at radius 3 is 2.20 bits per heavy atom. The minimum absolute atomic E-state index is 0.0127. The fourth-order valence-electron chi connectivity index (χ4n) is 11.3. The van der Waals surface area contributed by atoms with E-state index in [4.69, 9.17) is 31.5 Å². The third-order valence-corrected chi connectivity index (χ3v) is 15.7. The van der Waals surface area contributed by atoms with Crippen LogP contribution < -0.4 is 35.5 Å². The summed E-state index contributed by atoms with van der Waals surface area (Å²) < 4.78 is 49.5. The lowest BCUT2D eigenvalue weighted by atomic mass is 9.77. The summed E-state index contributed by atoms with van der Waals surface area (Å²) in [4.78, 5) is 72.3. The van der Waals surface area contributed by atoms with E-state index in [1.165, 1.54) is 37.3 Å². The van der Waals surface area contributed by atoms with Gasteiger partial charge in [0.05, 0.1) is 30.5 Å². The molecule has 5 aliphatic rings. The molecule has 6 amide bonds. The molecule has 15 nitrogen and oxygen atoms in total. The highest BCUT2D eigenvalue weighted by Gasteiger charge is 2.50. The van der Waals surface area contributed by atoms with E-state index in [9.17, 15) is 24.0 Å². The van der Waals surface area contributed by atoms with Crippen molar-refractivity contribution < 1.29 is 47.0 Å². The molecule has 0 bridgehead atoms. The van der Waals surface area contributed by atoms with E-state index in [1.807, 2.05) is 47.1 Å². The Labute approximate surface area is 416 Å². The molecule has 4 N–H and O–H groups in total. The van der Waals surface area contributed by atoms with Crippen LogP contribution in [0.2, 0.25) is 5.02 Å². The highest BCUT2D eigenvalue weighted by atomic mass is 35.5. The van der Waals surface area contributed by atoms with Crippen LogP contribution in [0.25, 0.3) is 11.1 Å². The summed E-state index contributed by atoms with van der Waals surface area (Å²) in [5, 5.41) is 5.70. The van der Waals surface area contributed by atoms with Gasteiger partial charge in [-0.05, 0) is 80.3 Å². The van der Waals surface area contributed by atoms with E-state index in [2.05, 4.69) is 15.5 Å². The van der Waals surface area contributed by atoms with Gasteiger partial charge in [0.15, 0.2) is 17.2 Å². The highest BCUT2D eigenvalue weighted by molar-refractivity contribution is 6.34. The number of fused-ring (bicyclic) bond motifs is 1. The molecular weight excluding hydrogens is 936 g/mol. The molecule has 4 heterocycles. The van der Waals surface area contributed by atoms with Crippen molar-refractivity contribution in [2.24, 2.45) is 17.6 Å². The molecule has 9 rings (SSSR count). The normalized spacial score (nSPS) is 23.0. The van der Waals surface area contributed by atoms with Crippen molar-refractivity contribution >= 4 is 46.9 Å². The van der Waals surface area contributed by atoms with Gasteiger partial charge in [0, 0.05) is 112 Å². The molecule has 3 saturated heterocycles. The van der Waals surface area contributed by atoms with Crippen molar-refractivity contribution in [3.8, 4) is 28.4 Å². The largest absolute Gasteiger partial charge is 0.495 e. The topological polar surface area (TPSA) is 176 Å². The molecule has 0 aromatic heterocycles. The van der Waals surface area contributed by atoms with Gasteiger partial charge < -0.3 is 35.1 Å². The first-order valence-electron chi connectivity index (χ1n) is 24.5. The molecule has 0 radical (unpaired) electrons. The lowest BCUT2D eigenvalue weighted by Gasteiger charge is -2.41. The first kappa shape index (κ1) is 49.7. The molecule has 376 valence electrons. The van der Waals surface area contributed by atoms with E-state index < -0.39 is 35.1 Å². The quantitative estimate of drug-likeness (QED) is 0.126. The standard InChI is InChI=1S/C53H60ClF2N7O8/c1-31-44-42(28-38(55)47(54)46(44)45-37(49(57)65)14-16-41(70-3)48(45)56)71-53(31,35-7-5-4-6-8-35)30-58-36-12-9-33(10-13-36)50(66)62-25-23-60(24-26-62)29-32-17-20-61(21-18-32)51(67)34-11-15-40(69-2)39(27-34)63-22-19-43(64)59-52(63)68/h4-8,11,14-16,27-28,31-33,36,58H,9-10,12-13,17-26,29-30H2,1-3H3,(H2,57,65)(H,59,64,68)/t31-,33?,36?,53-/m0/s1. The number of urea groups is 1. The lowest BCUT2D eigenvalue weighted by molar-refractivity contribution is -0.138. The zero-order chi connectivity index (χ0) is 50.1. The van der Waals surface area contributed by atoms with Crippen molar-refractivity contribution in [1.29, 1.82) is 0 Å². The first-order valence-corrected chi connectivity index (χ1v) is 24.8. The van der Waals surface area contributed by atoms with Crippen LogP contribution in [0, 0.1) is 23.5 Å². The number of nitrogens with two attached hydrogens (primary N) is 1. The van der Waals surface area contributed by atoms with Crippen LogP contribution in [0.3, 0.4) is 0 Å². The Balaban J connectivity index is 0.777. The molecule has 0 spiro atoms. The lowest BCUT2D eigenvalue weighted by Crippen LogP contribution is -2.52. The minimum Gasteiger partial charge on any atom is -0.495 e. The number of methoxy groups -OCH3 is 2. The van der Waals surface area contributed by atoms with Crippen LogP contribution in [0.15, 0.2) is 66.7 Å². The molecule has 2 atom stereocenters. The zero-order valence-electron chi connectivity index (χ0n) is 40.2. The van der Waals surface area contributed by atoms with Crippen LogP contribution in [0.4, 0.5) is 19.3 Å². The number of benzene rings is 4. The van der Waals surface area contributed by atoms with Crippen molar-refractivity contribution in [3.63, 3.8) is 0 Å². The summed E-state index contributed by atoms with van der Waals surface area (Å²) in [6.45, 7) is 7.49. The third-order valence-electron chi connectivity index (χ3n) is 15.4. The van der Waals surface area contributed by atoms with Crippen LogP contribution >= 0.6 is 11.6 Å². The smallest absolute Gasteiger partial charge is 0.328 e. The molecule has 0 unspecified atom stereocenters. The number of primary amides is 1. The van der Waals surface area contributed by atoms with Crippen LogP contribution in [0.1, 0.15) is 89.6 Å². The Morgan fingerprint density at radius 1 is 0.845 bits per heavy atom. The molecule has 1 saturated carbocycles. The predicted molar refractivity (Wildman–Crippen MR) is 263 cm³/mol. The molecule has 1 aliphatic carbocycles. The van der Waals surface area contributed by atoms with E-state index in [-0.39, 0.29) is 75.9 Å². The molecule has 4 aromatic carbocycles. The Bertz CT molecular complexity index is 2710. The van der Waals surface area contributed by atoms with Crippen molar-refractivity contribution in [3.05, 3.63) is 106 Å². The van der Waals surface area contributed by atoms with Gasteiger partial charge in [0.2, 0.25) is 17.7 Å². The monoisotopic (exact) mass is 995 g/mol. The summed E-state index contributed by atoms with van der Waals surface area (Å²) in [5.74, 6) is -2.61. The highest BCUT2D eigenvalue weighted by Crippen LogP contribution is 2.56. The second kappa shape index (κ2) is 20.8. The first-order chi connectivity index (χ1) is 34.2. The van der Waals surface area contributed by atoms with Crippen molar-refractivity contribution in [1.82, 2.24) is 25.3 Å². The summed E-state index contributed by atoms with van der Waals surface area (Å²) in [6.07, 6.45) is 4.87. The number of likely N-dealkylation sites (tertiary alicyclic amines) is 1. The van der Waals surface area contributed by atoms with E-state index >= 15 is 8.78 Å². The number of carbonyl (C=O) groups is 5. The van der Waals surface area contributed by atoms with Crippen LogP contribution in [-0.4, -0.2) is 124 Å². The maximum absolute atomic E-state index is 16.2. The van der Waals surface area contributed by atoms with Gasteiger partial charge in [-0.15, -0.1) is 0 Å². The second-order valence-electron chi connectivity index (χ2n) is 19.3. The number of halogens is 3. The molecule has 4 aliphatic heterocycles. The minimum atomic E-state index is -1.08. The average Bonchev–Trinajstić information content (AvgIpc) is 3.66. The van der Waals surface area contributed by atoms with Gasteiger partial charge in [0.1, 0.15) is 17.3 Å². The van der Waals surface area contributed by atoms with Gasteiger partial charge >= 0.3 is 6.03 Å². The predicted octanol–water partition coefficient (Wildman–Crippen LogP) is 7.08. The SMILES string of the molecule is COc1ccc(C(=O)N2CCC(CN3CCN(C(=O)C4CCC(NC[C@]5(c6ccccc6)Oc6cc(F)c(Cl)c(-c7c(C(N)=O)ccc(OC)c7F)c6[C@@H]5C)CC4)CC3)CC2)cc1N1CCC(=O)NC1=O. The number of piperidine rings is 1. The van der Waals surface area contributed by atoms with Gasteiger partial charge in [0.25, 0.3) is 5.91 Å². The number of piperazine rings is 1. The number of nitrogens with zero attached hydrogens (tertiary/aromatic N) is 4. The molecule has 18 heteroatoms. The number of amides is 6. The number of nitrogens with one attached hydrogen (secondary N) is 2. The van der Waals surface area contributed by atoms with Crippen LogP contribution in [-0.2, 0) is 15.2 Å². The number of anilines is 1. The Kier molecular flexibility index (Phi) is 14.6. The average molecular weight is 997 g/mol. The van der Waals surface area contributed by atoms with Crippen molar-refractivity contribution in [2.75, 3.05) is 78.0 Å². The fraction of sp³-hybridized carbons (Fsp3) is 0.453. The molecule has 71 heavy (non-hydrogen) atoms. The van der Waals surface area contributed by atoms with E-state index in [0.717, 1.165) is 63.7 Å². The molecule has 4 fully saturated rings. The summed E-state index contributed by atoms with van der Waals surface area (Å²) in [6, 6.07) is 18.0. The number of rotatable bonds is 13. The number of carbonyl (C=O) groups excluding carboxylic acids is 5. The van der Waals surface area contributed by atoms with Gasteiger partial charge in [-0.3, -0.25) is 34.3 Å². The number of hydrogen-bond donors (Lipinski definition) is 3. The summed E-state index contributed by atoms with van der Waals surface area (Å²) in [7, 11) is 2.79. The Morgan fingerprint density at radius 2 is 1.54 bits per heavy atom. The summed E-state index contributed by atoms with van der Waals surface area (Å²) in [5.41, 5.74) is 6.38. The zero-order valence-corrected chi connectivity index (χ0v) is 41.0. The molecule has 4 aromatic rings. The van der Waals surface area contributed by atoms with Gasteiger partial charge in [-0.1, -0.05) is 48.9 Å². The molecular formula is C53H60ClF2N7O8. The van der Waals surface area contributed by atoms with Crippen LogP contribution in [0.5, 0.6) is 17.2 Å². The Hall–Kier alpha value is -6.30. The number of hydrogen-bond acceptors (Lipinski definition) is 10. The number of imide groups is 1. The second-order valence-corrected chi connectivity index (χ2v) is 19.7. The number of ether oxygens (including phenoxy) is 3. The van der Waals surface area contributed by atoms with Crippen molar-refractivity contribution in [2.45, 2.75) is 69.4 Å². The maximum atomic E-state index is 16.2. The van der Waals surface area contributed by atoms with E-state index in [1.54, 1.807) is 18.2 Å². The van der Waals surface area contributed by atoms with Gasteiger partial charge in [-0.25, -0.2) is 13.6 Å². The third kappa shape index (κ3) is 9.75. The summed E-state index contributed by atoms with van der Waals surface area (Å²) >= 11 is 6.70.